The summed E-state index contributed by atoms with van der Waals surface area (Å²) in [5.41, 5.74) is 1.95. The Balaban J connectivity index is 1.50. The molecule has 2 aliphatic rings. The number of carbonyl (C=O) groups is 1. The predicted octanol–water partition coefficient (Wildman–Crippen LogP) is 2.96. The normalized spacial score (nSPS) is 22.1. The first-order chi connectivity index (χ1) is 11.1. The number of piperidine rings is 1. The number of carbonyl (C=O) groups excluding carboxylic acids is 1. The van der Waals surface area contributed by atoms with Gasteiger partial charge in [-0.2, -0.15) is 0 Å². The van der Waals surface area contributed by atoms with Crippen LogP contribution in [-0.4, -0.2) is 55.0 Å². The van der Waals surface area contributed by atoms with Gasteiger partial charge in [-0.25, -0.2) is 0 Å². The lowest BCUT2D eigenvalue weighted by Gasteiger charge is -2.33. The standard InChI is InChI=1S/C19H28N2O2/c1-15-6-3-4-10-21(15)11-5-13-23-17-8-7-16-9-12-20(2)19(22)18(16)14-17/h7-8,14-15H,3-6,9-13H2,1-2H3. The first-order valence-electron chi connectivity index (χ1n) is 8.90. The third-order valence-electron chi connectivity index (χ3n) is 5.17. The van der Waals surface area contributed by atoms with Crippen LogP contribution in [0.25, 0.3) is 0 Å². The molecule has 0 spiro atoms. The third-order valence-corrected chi connectivity index (χ3v) is 5.17. The molecule has 4 nitrogen and oxygen atoms in total. The van der Waals surface area contributed by atoms with E-state index < -0.39 is 0 Å². The Morgan fingerprint density at radius 3 is 2.96 bits per heavy atom. The van der Waals surface area contributed by atoms with Crippen molar-refractivity contribution in [3.63, 3.8) is 0 Å². The fourth-order valence-corrected chi connectivity index (χ4v) is 3.61. The van der Waals surface area contributed by atoms with Gasteiger partial charge in [-0.15, -0.1) is 0 Å². The molecule has 0 N–H and O–H groups in total. The summed E-state index contributed by atoms with van der Waals surface area (Å²) in [5, 5.41) is 0. The first kappa shape index (κ1) is 16.3. The minimum atomic E-state index is 0.110. The molecule has 1 saturated heterocycles. The predicted molar refractivity (Wildman–Crippen MR) is 92.1 cm³/mol. The van der Waals surface area contributed by atoms with Crippen LogP contribution < -0.4 is 4.74 Å². The van der Waals surface area contributed by atoms with Crippen LogP contribution in [0.3, 0.4) is 0 Å². The molecule has 1 aromatic carbocycles. The van der Waals surface area contributed by atoms with Gasteiger partial charge >= 0.3 is 0 Å². The van der Waals surface area contributed by atoms with Crippen LogP contribution >= 0.6 is 0 Å². The van der Waals surface area contributed by atoms with Gasteiger partial charge in [-0.3, -0.25) is 4.79 Å². The molecule has 2 heterocycles. The van der Waals surface area contributed by atoms with Gasteiger partial charge in [0.2, 0.25) is 0 Å². The number of nitrogens with zero attached hydrogens (tertiary/aromatic N) is 2. The number of likely N-dealkylation sites (tertiary alicyclic amines) is 1. The first-order valence-corrected chi connectivity index (χ1v) is 8.90. The number of benzene rings is 1. The summed E-state index contributed by atoms with van der Waals surface area (Å²) in [6, 6.07) is 6.67. The average Bonchev–Trinajstić information content (AvgIpc) is 2.57. The smallest absolute Gasteiger partial charge is 0.254 e. The van der Waals surface area contributed by atoms with Crippen molar-refractivity contribution < 1.29 is 9.53 Å². The van der Waals surface area contributed by atoms with E-state index in [2.05, 4.69) is 11.8 Å². The number of ether oxygens (including phenoxy) is 1. The Bertz CT molecular complexity index is 558. The Morgan fingerprint density at radius 1 is 1.26 bits per heavy atom. The second-order valence-corrected chi connectivity index (χ2v) is 6.88. The molecule has 2 aliphatic heterocycles. The molecule has 1 atom stereocenters. The van der Waals surface area contributed by atoms with Crippen molar-refractivity contribution in [1.82, 2.24) is 9.80 Å². The van der Waals surface area contributed by atoms with Crippen LogP contribution in [0.5, 0.6) is 5.75 Å². The van der Waals surface area contributed by atoms with Gasteiger partial charge < -0.3 is 14.5 Å². The molecule has 0 aromatic heterocycles. The topological polar surface area (TPSA) is 32.8 Å². The number of likely N-dealkylation sites (N-methyl/N-ethyl adjacent to an activating group) is 1. The second-order valence-electron chi connectivity index (χ2n) is 6.88. The Labute approximate surface area is 139 Å². The van der Waals surface area contributed by atoms with Crippen molar-refractivity contribution in [2.24, 2.45) is 0 Å². The van der Waals surface area contributed by atoms with Gasteiger partial charge in [0.1, 0.15) is 5.75 Å². The highest BCUT2D eigenvalue weighted by molar-refractivity contribution is 5.97. The van der Waals surface area contributed by atoms with Crippen molar-refractivity contribution in [1.29, 1.82) is 0 Å². The minimum absolute atomic E-state index is 0.110. The largest absolute Gasteiger partial charge is 0.494 e. The fraction of sp³-hybridized carbons (Fsp3) is 0.632. The van der Waals surface area contributed by atoms with Gasteiger partial charge in [0.25, 0.3) is 5.91 Å². The zero-order valence-electron chi connectivity index (χ0n) is 14.4. The van der Waals surface area contributed by atoms with E-state index in [0.29, 0.717) is 12.6 Å². The molecular formula is C19H28N2O2. The molecule has 1 aromatic rings. The number of amides is 1. The van der Waals surface area contributed by atoms with Crippen LogP contribution in [0.15, 0.2) is 18.2 Å². The summed E-state index contributed by atoms with van der Waals surface area (Å²) < 4.78 is 5.88. The van der Waals surface area contributed by atoms with E-state index in [0.717, 1.165) is 42.8 Å². The van der Waals surface area contributed by atoms with E-state index in [4.69, 9.17) is 4.74 Å². The van der Waals surface area contributed by atoms with Gasteiger partial charge in [-0.1, -0.05) is 12.5 Å². The third kappa shape index (κ3) is 3.86. The molecule has 1 unspecified atom stereocenters. The molecule has 0 radical (unpaired) electrons. The van der Waals surface area contributed by atoms with E-state index in [9.17, 15) is 4.79 Å². The Kier molecular flexibility index (Phi) is 5.21. The zero-order chi connectivity index (χ0) is 16.2. The van der Waals surface area contributed by atoms with Crippen molar-refractivity contribution in [3.8, 4) is 5.75 Å². The monoisotopic (exact) mass is 316 g/mol. The number of fused-ring (bicyclic) bond motifs is 1. The molecule has 4 heteroatoms. The molecule has 1 amide bonds. The summed E-state index contributed by atoms with van der Waals surface area (Å²) in [7, 11) is 1.86. The van der Waals surface area contributed by atoms with Crippen LogP contribution in [0.2, 0.25) is 0 Å². The summed E-state index contributed by atoms with van der Waals surface area (Å²) in [5.74, 6) is 0.929. The van der Waals surface area contributed by atoms with E-state index in [-0.39, 0.29) is 5.91 Å². The maximum absolute atomic E-state index is 12.2. The summed E-state index contributed by atoms with van der Waals surface area (Å²) in [4.78, 5) is 16.6. The van der Waals surface area contributed by atoms with Gasteiger partial charge in [0.05, 0.1) is 6.61 Å². The highest BCUT2D eigenvalue weighted by atomic mass is 16.5. The Morgan fingerprint density at radius 2 is 2.13 bits per heavy atom. The molecular weight excluding hydrogens is 288 g/mol. The van der Waals surface area contributed by atoms with Crippen LogP contribution in [0.4, 0.5) is 0 Å². The SMILES string of the molecule is CC1CCCCN1CCCOc1ccc2c(c1)C(=O)N(C)CC2. The number of hydrogen-bond donors (Lipinski definition) is 0. The average molecular weight is 316 g/mol. The lowest BCUT2D eigenvalue weighted by atomic mass is 9.99. The van der Waals surface area contributed by atoms with Gasteiger partial charge in [-0.05, 0) is 56.8 Å². The lowest BCUT2D eigenvalue weighted by molar-refractivity contribution is 0.0780. The summed E-state index contributed by atoms with van der Waals surface area (Å²) >= 11 is 0. The van der Waals surface area contributed by atoms with Crippen LogP contribution in [0, 0.1) is 0 Å². The molecule has 0 saturated carbocycles. The second kappa shape index (κ2) is 7.35. The fourth-order valence-electron chi connectivity index (χ4n) is 3.61. The van der Waals surface area contributed by atoms with Crippen LogP contribution in [-0.2, 0) is 6.42 Å². The lowest BCUT2D eigenvalue weighted by Crippen LogP contribution is -2.38. The van der Waals surface area contributed by atoms with Crippen molar-refractivity contribution >= 4 is 5.91 Å². The van der Waals surface area contributed by atoms with E-state index in [1.807, 2.05) is 25.2 Å². The van der Waals surface area contributed by atoms with Crippen molar-refractivity contribution in [2.75, 3.05) is 33.3 Å². The molecule has 0 aliphatic carbocycles. The zero-order valence-corrected chi connectivity index (χ0v) is 14.4. The summed E-state index contributed by atoms with van der Waals surface area (Å²) in [6.45, 7) is 6.17. The quantitative estimate of drug-likeness (QED) is 0.783. The molecule has 126 valence electrons. The number of hydrogen-bond acceptors (Lipinski definition) is 3. The maximum atomic E-state index is 12.2. The number of rotatable bonds is 5. The summed E-state index contributed by atoms with van der Waals surface area (Å²) in [6.07, 6.45) is 5.98. The van der Waals surface area contributed by atoms with Crippen molar-refractivity contribution in [2.45, 2.75) is 45.1 Å². The van der Waals surface area contributed by atoms with Gasteiger partial charge in [0.15, 0.2) is 0 Å². The van der Waals surface area contributed by atoms with Crippen molar-refractivity contribution in [3.05, 3.63) is 29.3 Å². The van der Waals surface area contributed by atoms with E-state index >= 15 is 0 Å². The minimum Gasteiger partial charge on any atom is -0.494 e. The highest BCUT2D eigenvalue weighted by Crippen LogP contribution is 2.23. The highest BCUT2D eigenvalue weighted by Gasteiger charge is 2.22. The molecule has 0 bridgehead atoms. The van der Waals surface area contributed by atoms with Crippen LogP contribution in [0.1, 0.15) is 48.5 Å². The van der Waals surface area contributed by atoms with E-state index in [1.165, 1.54) is 25.8 Å². The molecule has 3 rings (SSSR count). The van der Waals surface area contributed by atoms with Gasteiger partial charge in [0, 0.05) is 31.7 Å². The van der Waals surface area contributed by atoms with E-state index in [1.54, 1.807) is 4.90 Å². The maximum Gasteiger partial charge on any atom is 0.254 e. The Hall–Kier alpha value is -1.55. The molecule has 23 heavy (non-hydrogen) atoms. The molecule has 1 fully saturated rings.